The van der Waals surface area contributed by atoms with E-state index in [1.165, 1.54) is 0 Å². The molecule has 0 spiro atoms. The molecule has 1 aromatic rings. The highest BCUT2D eigenvalue weighted by molar-refractivity contribution is 5.91. The molecule has 0 fully saturated rings. The average molecular weight is 253 g/mol. The van der Waals surface area contributed by atoms with Crippen LogP contribution in [0.25, 0.3) is 0 Å². The van der Waals surface area contributed by atoms with Gasteiger partial charge in [-0.25, -0.2) is 0 Å². The predicted molar refractivity (Wildman–Crippen MR) is 70.5 cm³/mol. The van der Waals surface area contributed by atoms with E-state index in [1.807, 2.05) is 6.92 Å². The van der Waals surface area contributed by atoms with Crippen molar-refractivity contribution in [3.05, 3.63) is 23.7 Å². The lowest BCUT2D eigenvalue weighted by Gasteiger charge is -2.22. The first kappa shape index (κ1) is 14.8. The summed E-state index contributed by atoms with van der Waals surface area (Å²) in [6, 6.07) is 3.45. The fraction of sp³-hybridized carbons (Fsp3) is 0.643. The van der Waals surface area contributed by atoms with Crippen LogP contribution >= 0.6 is 0 Å². The van der Waals surface area contributed by atoms with E-state index in [0.717, 1.165) is 12.2 Å². The minimum Gasteiger partial charge on any atom is -0.456 e. The number of amides is 1. The molecule has 1 rings (SSSR count). The van der Waals surface area contributed by atoms with Crippen molar-refractivity contribution < 1.29 is 14.3 Å². The van der Waals surface area contributed by atoms with Crippen molar-refractivity contribution in [3.8, 4) is 0 Å². The highest BCUT2D eigenvalue weighted by atomic mass is 16.3. The Morgan fingerprint density at radius 3 is 2.61 bits per heavy atom. The van der Waals surface area contributed by atoms with Gasteiger partial charge in [-0.15, -0.1) is 0 Å². The molecule has 2 N–H and O–H groups in total. The lowest BCUT2D eigenvalue weighted by Crippen LogP contribution is -2.34. The number of carbonyl (C=O) groups is 1. The van der Waals surface area contributed by atoms with Gasteiger partial charge in [0.15, 0.2) is 5.76 Å². The molecule has 0 saturated carbocycles. The summed E-state index contributed by atoms with van der Waals surface area (Å²) in [5.41, 5.74) is 0.0458. The molecule has 102 valence electrons. The van der Waals surface area contributed by atoms with E-state index in [4.69, 9.17) is 4.42 Å². The van der Waals surface area contributed by atoms with Gasteiger partial charge in [0.25, 0.3) is 5.91 Å². The Balaban J connectivity index is 2.41. The summed E-state index contributed by atoms with van der Waals surface area (Å²) in [5.74, 6) is 0.813. The summed E-state index contributed by atoms with van der Waals surface area (Å²) in [6.07, 6.45) is 0.875. The number of hydrogen-bond donors (Lipinski definition) is 2. The van der Waals surface area contributed by atoms with Gasteiger partial charge in [-0.3, -0.25) is 4.79 Å². The van der Waals surface area contributed by atoms with E-state index < -0.39 is 6.10 Å². The number of aliphatic hydroxyl groups excluding tert-OH is 1. The van der Waals surface area contributed by atoms with Gasteiger partial charge in [0.1, 0.15) is 5.76 Å². The Hall–Kier alpha value is -1.29. The van der Waals surface area contributed by atoms with Gasteiger partial charge in [-0.2, -0.15) is 0 Å². The van der Waals surface area contributed by atoms with Crippen molar-refractivity contribution in [1.82, 2.24) is 5.32 Å². The molecule has 18 heavy (non-hydrogen) atoms. The maximum Gasteiger partial charge on any atom is 0.287 e. The molecule has 0 radical (unpaired) electrons. The summed E-state index contributed by atoms with van der Waals surface area (Å²) >= 11 is 0. The smallest absolute Gasteiger partial charge is 0.287 e. The van der Waals surface area contributed by atoms with Gasteiger partial charge in [0.2, 0.25) is 0 Å². The fourth-order valence-electron chi connectivity index (χ4n) is 1.77. The van der Waals surface area contributed by atoms with Gasteiger partial charge in [-0.1, -0.05) is 27.7 Å². The molecule has 0 aliphatic rings. The van der Waals surface area contributed by atoms with Crippen LogP contribution in [0.3, 0.4) is 0 Å². The molecule has 1 atom stereocenters. The van der Waals surface area contributed by atoms with E-state index in [-0.39, 0.29) is 17.9 Å². The molecule has 1 aromatic heterocycles. The largest absolute Gasteiger partial charge is 0.456 e. The predicted octanol–water partition coefficient (Wildman–Crippen LogP) is 2.37. The van der Waals surface area contributed by atoms with Crippen LogP contribution in [-0.2, 0) is 6.42 Å². The van der Waals surface area contributed by atoms with E-state index in [2.05, 4.69) is 26.1 Å². The zero-order valence-corrected chi connectivity index (χ0v) is 11.6. The Morgan fingerprint density at radius 2 is 2.11 bits per heavy atom. The summed E-state index contributed by atoms with van der Waals surface area (Å²) in [6.45, 7) is 8.38. The van der Waals surface area contributed by atoms with Crippen LogP contribution in [0, 0.1) is 5.41 Å². The van der Waals surface area contributed by atoms with Crippen LogP contribution < -0.4 is 5.32 Å². The first-order chi connectivity index (χ1) is 8.31. The van der Waals surface area contributed by atoms with Crippen molar-refractivity contribution in [3.63, 3.8) is 0 Å². The first-order valence-corrected chi connectivity index (χ1v) is 6.37. The molecule has 1 amide bonds. The van der Waals surface area contributed by atoms with Crippen LogP contribution in [-0.4, -0.2) is 23.7 Å². The number of aliphatic hydroxyl groups is 1. The average Bonchev–Trinajstić information content (AvgIpc) is 2.72. The molecular formula is C14H23NO3. The molecule has 4 nitrogen and oxygen atoms in total. The molecule has 0 saturated heterocycles. The standard InChI is InChI=1S/C14H23NO3/c1-5-11-6-7-12(18-11)13(17)15-9-10(16)8-14(2,3)4/h6-7,10,16H,5,8-9H2,1-4H3,(H,15,17). The maximum absolute atomic E-state index is 11.7. The first-order valence-electron chi connectivity index (χ1n) is 6.37. The van der Waals surface area contributed by atoms with Crippen molar-refractivity contribution in [2.45, 2.75) is 46.6 Å². The second-order valence-electron chi connectivity index (χ2n) is 5.75. The molecule has 1 unspecified atom stereocenters. The molecule has 0 aliphatic heterocycles. The lowest BCUT2D eigenvalue weighted by atomic mass is 9.89. The summed E-state index contributed by atoms with van der Waals surface area (Å²) in [7, 11) is 0. The Labute approximate surface area is 108 Å². The van der Waals surface area contributed by atoms with Crippen LogP contribution in [0.1, 0.15) is 50.4 Å². The third-order valence-electron chi connectivity index (χ3n) is 2.58. The molecule has 0 bridgehead atoms. The molecule has 4 heteroatoms. The number of nitrogens with one attached hydrogen (secondary N) is 1. The van der Waals surface area contributed by atoms with Gasteiger partial charge in [0, 0.05) is 13.0 Å². The molecular weight excluding hydrogens is 230 g/mol. The van der Waals surface area contributed by atoms with Crippen molar-refractivity contribution in [2.75, 3.05) is 6.54 Å². The number of rotatable bonds is 5. The summed E-state index contributed by atoms with van der Waals surface area (Å²) in [4.78, 5) is 11.7. The summed E-state index contributed by atoms with van der Waals surface area (Å²) in [5, 5.41) is 12.5. The second-order valence-corrected chi connectivity index (χ2v) is 5.75. The molecule has 0 aromatic carbocycles. The lowest BCUT2D eigenvalue weighted by molar-refractivity contribution is 0.0843. The Bertz CT molecular complexity index is 390. The van der Waals surface area contributed by atoms with Crippen molar-refractivity contribution in [1.29, 1.82) is 0 Å². The topological polar surface area (TPSA) is 62.5 Å². The van der Waals surface area contributed by atoms with Gasteiger partial charge in [-0.05, 0) is 24.0 Å². The monoisotopic (exact) mass is 253 g/mol. The van der Waals surface area contributed by atoms with Crippen LogP contribution in [0.2, 0.25) is 0 Å². The summed E-state index contributed by atoms with van der Waals surface area (Å²) < 4.78 is 5.33. The number of carbonyl (C=O) groups excluding carboxylic acids is 1. The molecule has 0 aliphatic carbocycles. The van der Waals surface area contributed by atoms with E-state index in [1.54, 1.807) is 12.1 Å². The van der Waals surface area contributed by atoms with E-state index in [9.17, 15) is 9.90 Å². The third kappa shape index (κ3) is 4.92. The van der Waals surface area contributed by atoms with Gasteiger partial charge in [0.05, 0.1) is 6.10 Å². The normalized spacial score (nSPS) is 13.4. The zero-order chi connectivity index (χ0) is 13.8. The van der Waals surface area contributed by atoms with Gasteiger partial charge < -0.3 is 14.8 Å². The number of aryl methyl sites for hydroxylation is 1. The zero-order valence-electron chi connectivity index (χ0n) is 11.6. The minimum atomic E-state index is -0.533. The van der Waals surface area contributed by atoms with E-state index in [0.29, 0.717) is 12.2 Å². The number of furan rings is 1. The maximum atomic E-state index is 11.7. The van der Waals surface area contributed by atoms with Crippen LogP contribution in [0.15, 0.2) is 16.5 Å². The fourth-order valence-corrected chi connectivity index (χ4v) is 1.77. The minimum absolute atomic E-state index is 0.0458. The second kappa shape index (κ2) is 6.05. The number of hydrogen-bond acceptors (Lipinski definition) is 3. The van der Waals surface area contributed by atoms with Crippen LogP contribution in [0.5, 0.6) is 0 Å². The van der Waals surface area contributed by atoms with E-state index >= 15 is 0 Å². The highest BCUT2D eigenvalue weighted by Gasteiger charge is 2.18. The van der Waals surface area contributed by atoms with Crippen molar-refractivity contribution >= 4 is 5.91 Å². The highest BCUT2D eigenvalue weighted by Crippen LogP contribution is 2.20. The van der Waals surface area contributed by atoms with Crippen molar-refractivity contribution in [2.24, 2.45) is 5.41 Å². The SMILES string of the molecule is CCc1ccc(C(=O)NCC(O)CC(C)(C)C)o1. The van der Waals surface area contributed by atoms with Gasteiger partial charge >= 0.3 is 0 Å². The quantitative estimate of drug-likeness (QED) is 0.846. The Morgan fingerprint density at radius 1 is 1.44 bits per heavy atom. The Kier molecular flexibility index (Phi) is 4.96. The third-order valence-corrected chi connectivity index (χ3v) is 2.58. The van der Waals surface area contributed by atoms with Crippen LogP contribution in [0.4, 0.5) is 0 Å². The molecule has 1 heterocycles.